The summed E-state index contributed by atoms with van der Waals surface area (Å²) in [4.78, 5) is 0. The van der Waals surface area contributed by atoms with Gasteiger partial charge in [0.1, 0.15) is 0 Å². The molecule has 0 radical (unpaired) electrons. The average molecular weight is 253 g/mol. The summed E-state index contributed by atoms with van der Waals surface area (Å²) in [5, 5.41) is 9.16. The third kappa shape index (κ3) is 4.20. The molecule has 0 bridgehead atoms. The van der Waals surface area contributed by atoms with Crippen LogP contribution in [-0.2, 0) is 6.42 Å². The minimum absolute atomic E-state index is 0.0948. The van der Waals surface area contributed by atoms with Gasteiger partial charge in [-0.25, -0.2) is 0 Å². The summed E-state index contributed by atoms with van der Waals surface area (Å²) < 4.78 is 11.1. The van der Waals surface area contributed by atoms with Crippen LogP contribution in [0.3, 0.4) is 0 Å². The van der Waals surface area contributed by atoms with Crippen LogP contribution in [0.5, 0.6) is 11.5 Å². The molecule has 4 heteroatoms. The van der Waals surface area contributed by atoms with Gasteiger partial charge >= 0.3 is 0 Å². The molecule has 0 aliphatic carbocycles. The standard InChI is InChI=1S/C14H23NO3/c1-3-17-13-6-5-11(7-12(9-15)10-16)8-14(13)18-4-2/h5-6,8,12,16H,3-4,7,9-10,15H2,1-2H3. The molecule has 3 N–H and O–H groups in total. The summed E-state index contributed by atoms with van der Waals surface area (Å²) in [6.07, 6.45) is 0.749. The second-order valence-corrected chi connectivity index (χ2v) is 4.14. The van der Waals surface area contributed by atoms with Gasteiger partial charge in [-0.15, -0.1) is 0 Å². The summed E-state index contributed by atoms with van der Waals surface area (Å²) in [5.41, 5.74) is 6.69. The van der Waals surface area contributed by atoms with E-state index < -0.39 is 0 Å². The van der Waals surface area contributed by atoms with Crippen molar-refractivity contribution < 1.29 is 14.6 Å². The Balaban J connectivity index is 2.84. The number of rotatable bonds is 8. The number of hydrogen-bond donors (Lipinski definition) is 2. The summed E-state index contributed by atoms with van der Waals surface area (Å²) in [5.74, 6) is 1.61. The molecule has 0 saturated heterocycles. The van der Waals surface area contributed by atoms with Gasteiger partial charge in [0.15, 0.2) is 11.5 Å². The lowest BCUT2D eigenvalue weighted by Gasteiger charge is -2.15. The third-order valence-corrected chi connectivity index (χ3v) is 2.72. The van der Waals surface area contributed by atoms with Gasteiger partial charge in [0, 0.05) is 6.61 Å². The lowest BCUT2D eigenvalue weighted by atomic mass is 10.00. The second kappa shape index (κ2) is 7.95. The Morgan fingerprint density at radius 1 is 1.17 bits per heavy atom. The van der Waals surface area contributed by atoms with E-state index in [1.807, 2.05) is 32.0 Å². The molecule has 0 spiro atoms. The van der Waals surface area contributed by atoms with E-state index >= 15 is 0 Å². The van der Waals surface area contributed by atoms with E-state index in [-0.39, 0.29) is 12.5 Å². The van der Waals surface area contributed by atoms with Crippen molar-refractivity contribution in [3.8, 4) is 11.5 Å². The first-order valence-corrected chi connectivity index (χ1v) is 6.44. The minimum atomic E-state index is 0.0948. The van der Waals surface area contributed by atoms with Crippen molar-refractivity contribution in [2.75, 3.05) is 26.4 Å². The predicted octanol–water partition coefficient (Wildman–Crippen LogP) is 1.59. The number of ether oxygens (including phenoxy) is 2. The summed E-state index contributed by atoms with van der Waals surface area (Å²) in [7, 11) is 0. The quantitative estimate of drug-likeness (QED) is 0.738. The van der Waals surface area contributed by atoms with Gasteiger partial charge in [-0.1, -0.05) is 6.07 Å². The summed E-state index contributed by atoms with van der Waals surface area (Å²) >= 11 is 0. The molecule has 18 heavy (non-hydrogen) atoms. The zero-order chi connectivity index (χ0) is 13.4. The van der Waals surface area contributed by atoms with Crippen LogP contribution < -0.4 is 15.2 Å². The minimum Gasteiger partial charge on any atom is -0.490 e. The first-order valence-electron chi connectivity index (χ1n) is 6.44. The van der Waals surface area contributed by atoms with Crippen LogP contribution in [0.25, 0.3) is 0 Å². The van der Waals surface area contributed by atoms with Crippen molar-refractivity contribution in [2.24, 2.45) is 11.7 Å². The van der Waals surface area contributed by atoms with E-state index in [0.717, 1.165) is 23.5 Å². The highest BCUT2D eigenvalue weighted by molar-refractivity contribution is 5.43. The number of hydrogen-bond acceptors (Lipinski definition) is 4. The Kier molecular flexibility index (Phi) is 6.54. The molecule has 1 aromatic rings. The molecule has 0 amide bonds. The molecular weight excluding hydrogens is 230 g/mol. The number of aliphatic hydroxyl groups excluding tert-OH is 1. The van der Waals surface area contributed by atoms with Crippen molar-refractivity contribution in [1.82, 2.24) is 0 Å². The first-order chi connectivity index (χ1) is 8.74. The van der Waals surface area contributed by atoms with Crippen LogP contribution in [0.4, 0.5) is 0 Å². The molecule has 0 aromatic heterocycles. The molecule has 1 rings (SSSR count). The lowest BCUT2D eigenvalue weighted by Crippen LogP contribution is -2.20. The van der Waals surface area contributed by atoms with E-state index in [0.29, 0.717) is 19.8 Å². The van der Waals surface area contributed by atoms with E-state index in [2.05, 4.69) is 0 Å². The van der Waals surface area contributed by atoms with Crippen LogP contribution in [0.2, 0.25) is 0 Å². The molecule has 1 unspecified atom stereocenters. The zero-order valence-electron chi connectivity index (χ0n) is 11.2. The van der Waals surface area contributed by atoms with Crippen molar-refractivity contribution in [3.05, 3.63) is 23.8 Å². The number of aliphatic hydroxyl groups is 1. The van der Waals surface area contributed by atoms with Gasteiger partial charge in [-0.2, -0.15) is 0 Å². The topological polar surface area (TPSA) is 64.7 Å². The maximum atomic E-state index is 9.16. The first kappa shape index (κ1) is 14.8. The van der Waals surface area contributed by atoms with E-state index in [9.17, 15) is 0 Å². The van der Waals surface area contributed by atoms with Crippen LogP contribution in [0.15, 0.2) is 18.2 Å². The zero-order valence-corrected chi connectivity index (χ0v) is 11.2. The largest absolute Gasteiger partial charge is 0.490 e. The van der Waals surface area contributed by atoms with Gasteiger partial charge in [0.2, 0.25) is 0 Å². The highest BCUT2D eigenvalue weighted by Gasteiger charge is 2.10. The SMILES string of the molecule is CCOc1ccc(CC(CN)CO)cc1OCC. The predicted molar refractivity (Wildman–Crippen MR) is 72.1 cm³/mol. The van der Waals surface area contributed by atoms with Crippen LogP contribution >= 0.6 is 0 Å². The van der Waals surface area contributed by atoms with Gasteiger partial charge in [0.05, 0.1) is 13.2 Å². The summed E-state index contributed by atoms with van der Waals surface area (Å²) in [6, 6.07) is 5.87. The molecule has 0 aliphatic rings. The van der Waals surface area contributed by atoms with Crippen molar-refractivity contribution >= 4 is 0 Å². The monoisotopic (exact) mass is 253 g/mol. The van der Waals surface area contributed by atoms with Crippen molar-refractivity contribution in [1.29, 1.82) is 0 Å². The van der Waals surface area contributed by atoms with Gasteiger partial charge in [-0.05, 0) is 50.4 Å². The fourth-order valence-corrected chi connectivity index (χ4v) is 1.78. The van der Waals surface area contributed by atoms with Crippen LogP contribution in [0, 0.1) is 5.92 Å². The third-order valence-electron chi connectivity index (χ3n) is 2.72. The number of nitrogens with two attached hydrogens (primary N) is 1. The highest BCUT2D eigenvalue weighted by Crippen LogP contribution is 2.29. The molecule has 0 aliphatic heterocycles. The molecule has 102 valence electrons. The Bertz CT molecular complexity index is 351. The molecule has 0 fully saturated rings. The fraction of sp³-hybridized carbons (Fsp3) is 0.571. The van der Waals surface area contributed by atoms with Crippen molar-refractivity contribution in [2.45, 2.75) is 20.3 Å². The van der Waals surface area contributed by atoms with Gasteiger partial charge in [0.25, 0.3) is 0 Å². The normalized spacial score (nSPS) is 12.2. The Morgan fingerprint density at radius 3 is 2.39 bits per heavy atom. The lowest BCUT2D eigenvalue weighted by molar-refractivity contribution is 0.229. The molecule has 1 atom stereocenters. The maximum absolute atomic E-state index is 9.16. The fourth-order valence-electron chi connectivity index (χ4n) is 1.78. The molecular formula is C14H23NO3. The van der Waals surface area contributed by atoms with E-state index in [1.54, 1.807) is 0 Å². The van der Waals surface area contributed by atoms with E-state index in [1.165, 1.54) is 0 Å². The van der Waals surface area contributed by atoms with Crippen molar-refractivity contribution in [3.63, 3.8) is 0 Å². The second-order valence-electron chi connectivity index (χ2n) is 4.14. The Morgan fingerprint density at radius 2 is 1.83 bits per heavy atom. The average Bonchev–Trinajstić information content (AvgIpc) is 2.39. The maximum Gasteiger partial charge on any atom is 0.161 e. The molecule has 0 heterocycles. The smallest absolute Gasteiger partial charge is 0.161 e. The molecule has 4 nitrogen and oxygen atoms in total. The molecule has 1 aromatic carbocycles. The van der Waals surface area contributed by atoms with E-state index in [4.69, 9.17) is 20.3 Å². The Labute approximate surface area is 109 Å². The summed E-state index contributed by atoms with van der Waals surface area (Å²) in [6.45, 7) is 5.69. The molecule has 0 saturated carbocycles. The highest BCUT2D eigenvalue weighted by atomic mass is 16.5. The van der Waals surface area contributed by atoms with Crippen LogP contribution in [0.1, 0.15) is 19.4 Å². The Hall–Kier alpha value is -1.26. The number of benzene rings is 1. The van der Waals surface area contributed by atoms with Gasteiger partial charge in [-0.3, -0.25) is 0 Å². The van der Waals surface area contributed by atoms with Gasteiger partial charge < -0.3 is 20.3 Å². The van der Waals surface area contributed by atoms with Crippen LogP contribution in [-0.4, -0.2) is 31.5 Å².